The van der Waals surface area contributed by atoms with Crippen molar-refractivity contribution in [2.75, 3.05) is 7.11 Å². The molecule has 1 saturated carbocycles. The lowest BCUT2D eigenvalue weighted by Gasteiger charge is -2.33. The van der Waals surface area contributed by atoms with Crippen LogP contribution in [0.1, 0.15) is 25.3 Å². The predicted octanol–water partition coefficient (Wildman–Crippen LogP) is 1.98. The molecule has 1 aliphatic carbocycles. The van der Waals surface area contributed by atoms with Crippen LogP contribution in [0.15, 0.2) is 18.3 Å². The third-order valence-electron chi connectivity index (χ3n) is 2.98. The molecule has 82 valence electrons. The van der Waals surface area contributed by atoms with Gasteiger partial charge in [-0.2, -0.15) is 0 Å². The highest BCUT2D eigenvalue weighted by Gasteiger charge is 2.24. The number of rotatable bonds is 4. The zero-order valence-corrected chi connectivity index (χ0v) is 9.36. The number of methoxy groups -OCH3 is 1. The molecule has 2 rings (SSSR count). The van der Waals surface area contributed by atoms with Gasteiger partial charge >= 0.3 is 0 Å². The van der Waals surface area contributed by atoms with Gasteiger partial charge in [-0.05, 0) is 24.3 Å². The highest BCUT2D eigenvalue weighted by Crippen LogP contribution is 2.26. The van der Waals surface area contributed by atoms with Crippen LogP contribution in [0, 0.1) is 5.92 Å². The van der Waals surface area contributed by atoms with Crippen molar-refractivity contribution < 1.29 is 4.74 Å². The lowest BCUT2D eigenvalue weighted by Crippen LogP contribution is -2.39. The molecular formula is C12H18N2O. The van der Waals surface area contributed by atoms with E-state index in [0.29, 0.717) is 11.9 Å². The zero-order chi connectivity index (χ0) is 10.7. The Morgan fingerprint density at radius 1 is 1.47 bits per heavy atom. The quantitative estimate of drug-likeness (QED) is 0.818. The van der Waals surface area contributed by atoms with Crippen molar-refractivity contribution in [2.24, 2.45) is 5.92 Å². The number of nitrogens with one attached hydrogen (secondary N) is 1. The van der Waals surface area contributed by atoms with Crippen LogP contribution in [-0.2, 0) is 6.54 Å². The first-order chi connectivity index (χ1) is 7.28. The van der Waals surface area contributed by atoms with Gasteiger partial charge in [-0.25, -0.2) is 4.98 Å². The maximum absolute atomic E-state index is 5.01. The number of hydrogen-bond acceptors (Lipinski definition) is 3. The summed E-state index contributed by atoms with van der Waals surface area (Å²) in [6, 6.07) is 4.67. The van der Waals surface area contributed by atoms with Gasteiger partial charge in [-0.15, -0.1) is 0 Å². The van der Waals surface area contributed by atoms with Crippen LogP contribution in [0.2, 0.25) is 0 Å². The predicted molar refractivity (Wildman–Crippen MR) is 59.8 cm³/mol. The van der Waals surface area contributed by atoms with Gasteiger partial charge in [0.05, 0.1) is 7.11 Å². The van der Waals surface area contributed by atoms with E-state index < -0.39 is 0 Å². The summed E-state index contributed by atoms with van der Waals surface area (Å²) in [6.45, 7) is 3.21. The molecule has 0 radical (unpaired) electrons. The number of hydrogen-bond donors (Lipinski definition) is 1. The molecule has 0 bridgehead atoms. The third-order valence-corrected chi connectivity index (χ3v) is 2.98. The summed E-state index contributed by atoms with van der Waals surface area (Å²) in [4.78, 5) is 4.17. The largest absolute Gasteiger partial charge is 0.481 e. The fraction of sp³-hybridized carbons (Fsp3) is 0.583. The number of nitrogens with zero attached hydrogens (tertiary/aromatic N) is 1. The van der Waals surface area contributed by atoms with E-state index in [-0.39, 0.29) is 0 Å². The summed E-state index contributed by atoms with van der Waals surface area (Å²) in [6.07, 6.45) is 4.49. The molecule has 0 unspecified atom stereocenters. The number of ether oxygens (including phenoxy) is 1. The smallest absolute Gasteiger partial charge is 0.212 e. The van der Waals surface area contributed by atoms with Gasteiger partial charge in [0.1, 0.15) is 0 Å². The summed E-state index contributed by atoms with van der Waals surface area (Å²) in [5, 5.41) is 3.52. The van der Waals surface area contributed by atoms with Crippen LogP contribution < -0.4 is 10.1 Å². The van der Waals surface area contributed by atoms with E-state index in [2.05, 4.69) is 23.3 Å². The standard InChI is InChI=1S/C12H18N2O/c1-9-5-11(6-9)13-7-10-3-4-12(15-2)14-8-10/h3-4,8-9,11,13H,5-7H2,1-2H3. The zero-order valence-electron chi connectivity index (χ0n) is 9.36. The van der Waals surface area contributed by atoms with E-state index in [1.165, 1.54) is 18.4 Å². The minimum Gasteiger partial charge on any atom is -0.481 e. The van der Waals surface area contributed by atoms with Crippen molar-refractivity contribution in [2.45, 2.75) is 32.4 Å². The molecular weight excluding hydrogens is 188 g/mol. The number of pyridine rings is 1. The summed E-state index contributed by atoms with van der Waals surface area (Å²) < 4.78 is 5.01. The molecule has 15 heavy (non-hydrogen) atoms. The Hall–Kier alpha value is -1.09. The second-order valence-electron chi connectivity index (χ2n) is 4.36. The van der Waals surface area contributed by atoms with Gasteiger partial charge in [0.2, 0.25) is 5.88 Å². The van der Waals surface area contributed by atoms with Crippen LogP contribution in [0.25, 0.3) is 0 Å². The molecule has 1 aliphatic rings. The minimum atomic E-state index is 0.677. The summed E-state index contributed by atoms with van der Waals surface area (Å²) >= 11 is 0. The van der Waals surface area contributed by atoms with Crippen LogP contribution in [0.3, 0.4) is 0 Å². The molecule has 0 spiro atoms. The minimum absolute atomic E-state index is 0.677. The summed E-state index contributed by atoms with van der Waals surface area (Å²) in [5.74, 6) is 1.58. The topological polar surface area (TPSA) is 34.1 Å². The molecule has 0 aliphatic heterocycles. The Labute approximate surface area is 90.9 Å². The molecule has 1 aromatic heterocycles. The maximum atomic E-state index is 5.01. The summed E-state index contributed by atoms with van der Waals surface area (Å²) in [5.41, 5.74) is 1.22. The van der Waals surface area contributed by atoms with E-state index in [0.717, 1.165) is 12.5 Å². The number of aromatic nitrogens is 1. The third kappa shape index (κ3) is 2.69. The highest BCUT2D eigenvalue weighted by atomic mass is 16.5. The molecule has 3 nitrogen and oxygen atoms in total. The maximum Gasteiger partial charge on any atom is 0.212 e. The van der Waals surface area contributed by atoms with E-state index in [9.17, 15) is 0 Å². The van der Waals surface area contributed by atoms with E-state index in [1.807, 2.05) is 12.3 Å². The first-order valence-corrected chi connectivity index (χ1v) is 5.50. The fourth-order valence-corrected chi connectivity index (χ4v) is 1.97. The fourth-order valence-electron chi connectivity index (χ4n) is 1.97. The monoisotopic (exact) mass is 206 g/mol. The van der Waals surface area contributed by atoms with Crippen LogP contribution >= 0.6 is 0 Å². The lowest BCUT2D eigenvalue weighted by atomic mass is 9.82. The first kappa shape index (κ1) is 10.4. The molecule has 0 atom stereocenters. The Balaban J connectivity index is 1.78. The second kappa shape index (κ2) is 4.62. The van der Waals surface area contributed by atoms with Crippen molar-refractivity contribution in [3.63, 3.8) is 0 Å². The van der Waals surface area contributed by atoms with E-state index in [4.69, 9.17) is 4.74 Å². The van der Waals surface area contributed by atoms with Crippen LogP contribution in [-0.4, -0.2) is 18.1 Å². The van der Waals surface area contributed by atoms with Gasteiger partial charge in [0.25, 0.3) is 0 Å². The molecule has 3 heteroatoms. The van der Waals surface area contributed by atoms with Crippen LogP contribution in [0.5, 0.6) is 5.88 Å². The second-order valence-corrected chi connectivity index (χ2v) is 4.36. The van der Waals surface area contributed by atoms with Crippen molar-refractivity contribution in [1.82, 2.24) is 10.3 Å². The Morgan fingerprint density at radius 3 is 2.80 bits per heavy atom. The summed E-state index contributed by atoms with van der Waals surface area (Å²) in [7, 11) is 1.63. The van der Waals surface area contributed by atoms with Gasteiger partial charge in [-0.1, -0.05) is 13.0 Å². The Bertz CT molecular complexity index is 304. The first-order valence-electron chi connectivity index (χ1n) is 5.50. The SMILES string of the molecule is COc1ccc(CNC2CC(C)C2)cn1. The van der Waals surface area contributed by atoms with Crippen LogP contribution in [0.4, 0.5) is 0 Å². The van der Waals surface area contributed by atoms with E-state index in [1.54, 1.807) is 7.11 Å². The average Bonchev–Trinajstić information content (AvgIpc) is 2.23. The van der Waals surface area contributed by atoms with Gasteiger partial charge in [-0.3, -0.25) is 0 Å². The van der Waals surface area contributed by atoms with E-state index >= 15 is 0 Å². The normalized spacial score (nSPS) is 24.7. The lowest BCUT2D eigenvalue weighted by molar-refractivity contribution is 0.240. The Morgan fingerprint density at radius 2 is 2.27 bits per heavy atom. The highest BCUT2D eigenvalue weighted by molar-refractivity contribution is 5.17. The molecule has 0 amide bonds. The van der Waals surface area contributed by atoms with Gasteiger partial charge < -0.3 is 10.1 Å². The van der Waals surface area contributed by atoms with Crippen molar-refractivity contribution in [1.29, 1.82) is 0 Å². The molecule has 1 N–H and O–H groups in total. The average molecular weight is 206 g/mol. The molecule has 0 aromatic carbocycles. The van der Waals surface area contributed by atoms with Crippen molar-refractivity contribution in [3.8, 4) is 5.88 Å². The van der Waals surface area contributed by atoms with Gasteiger partial charge in [0, 0.05) is 24.8 Å². The molecule has 1 fully saturated rings. The molecule has 1 heterocycles. The molecule has 0 saturated heterocycles. The van der Waals surface area contributed by atoms with Crippen molar-refractivity contribution in [3.05, 3.63) is 23.9 Å². The Kier molecular flexibility index (Phi) is 3.21. The van der Waals surface area contributed by atoms with Crippen molar-refractivity contribution >= 4 is 0 Å². The molecule has 1 aromatic rings. The van der Waals surface area contributed by atoms with Gasteiger partial charge in [0.15, 0.2) is 0 Å².